The largest absolute Gasteiger partial charge is 0.299 e. The second kappa shape index (κ2) is 5.44. The monoisotopic (exact) mass is 127 g/mol. The summed E-state index contributed by atoms with van der Waals surface area (Å²) in [7, 11) is 0. The molecule has 0 aromatic heterocycles. The van der Waals surface area contributed by atoms with Crippen LogP contribution in [0.15, 0.2) is 9.98 Å². The minimum absolute atomic E-state index is 0.640. The average molecular weight is 127 g/mol. The first-order valence-electron chi connectivity index (χ1n) is 2.99. The molecule has 3 nitrogen and oxygen atoms in total. The number of amidine groups is 1. The summed E-state index contributed by atoms with van der Waals surface area (Å²) in [6, 6.07) is 0. The maximum Gasteiger partial charge on any atom is 0.120 e. The summed E-state index contributed by atoms with van der Waals surface area (Å²) in [5.41, 5.74) is 0. The van der Waals surface area contributed by atoms with Crippen molar-refractivity contribution in [2.75, 3.05) is 13.2 Å². The number of nitrogens with zero attached hydrogens (tertiary/aromatic N) is 2. The molecule has 0 amide bonds. The second-order valence-corrected chi connectivity index (χ2v) is 1.63. The number of hydrogen-bond acceptors (Lipinski definition) is 2. The molecule has 1 N–H and O–H groups in total. The van der Waals surface area contributed by atoms with Crippen LogP contribution in [0.5, 0.6) is 0 Å². The van der Waals surface area contributed by atoms with Crippen LogP contribution in [0.1, 0.15) is 13.8 Å². The summed E-state index contributed by atoms with van der Waals surface area (Å²) >= 11 is 0. The Balaban J connectivity index is 3.31. The first-order chi connectivity index (χ1) is 4.31. The summed E-state index contributed by atoms with van der Waals surface area (Å²) in [6.45, 7) is 8.77. The molecule has 3 heteroatoms. The molecule has 0 aromatic rings. The molecule has 0 heterocycles. The van der Waals surface area contributed by atoms with Crippen molar-refractivity contribution in [2.45, 2.75) is 13.8 Å². The third-order valence-electron chi connectivity index (χ3n) is 0.899. The van der Waals surface area contributed by atoms with Gasteiger partial charge in [-0.1, -0.05) is 6.92 Å². The van der Waals surface area contributed by atoms with E-state index in [1.165, 1.54) is 0 Å². The fourth-order valence-electron chi connectivity index (χ4n) is 0.332. The van der Waals surface area contributed by atoms with Crippen molar-refractivity contribution in [3.8, 4) is 0 Å². The summed E-state index contributed by atoms with van der Waals surface area (Å²) in [5, 5.41) is 3.04. The van der Waals surface area contributed by atoms with Crippen LogP contribution in [-0.4, -0.2) is 25.8 Å². The van der Waals surface area contributed by atoms with E-state index >= 15 is 0 Å². The molecule has 0 aliphatic rings. The van der Waals surface area contributed by atoms with E-state index in [9.17, 15) is 0 Å². The summed E-state index contributed by atoms with van der Waals surface area (Å²) in [5.74, 6) is 0.732. The van der Waals surface area contributed by atoms with Crippen LogP contribution >= 0.6 is 0 Å². The molecule has 0 spiro atoms. The quantitative estimate of drug-likeness (QED) is 0.338. The molecule has 0 saturated carbocycles. The lowest BCUT2D eigenvalue weighted by Crippen LogP contribution is -2.12. The number of nitrogens with one attached hydrogen (secondary N) is 1. The highest BCUT2D eigenvalue weighted by molar-refractivity contribution is 5.83. The van der Waals surface area contributed by atoms with E-state index in [1.54, 1.807) is 0 Å². The van der Waals surface area contributed by atoms with Gasteiger partial charge in [0.1, 0.15) is 5.84 Å². The van der Waals surface area contributed by atoms with Crippen LogP contribution in [0.4, 0.5) is 0 Å². The minimum atomic E-state index is 0.640. The topological polar surface area (TPSA) is 36.8 Å². The van der Waals surface area contributed by atoms with Gasteiger partial charge in [0.15, 0.2) is 0 Å². The number of rotatable bonds is 3. The molecule has 0 radical (unpaired) electrons. The summed E-state index contributed by atoms with van der Waals surface area (Å²) < 4.78 is 0. The maximum absolute atomic E-state index is 4.01. The van der Waals surface area contributed by atoms with Gasteiger partial charge in [-0.15, -0.1) is 0 Å². The molecule has 52 valence electrons. The van der Waals surface area contributed by atoms with Crippen molar-refractivity contribution in [3.63, 3.8) is 0 Å². The standard InChI is InChI=1S/C6H13N3/c1-4-8-5-9-6(2)7-3/h8H,3-5H2,1-2H3/b9-6-. The van der Waals surface area contributed by atoms with E-state index < -0.39 is 0 Å². The van der Waals surface area contributed by atoms with Crippen LogP contribution in [0.3, 0.4) is 0 Å². The minimum Gasteiger partial charge on any atom is -0.299 e. The van der Waals surface area contributed by atoms with Gasteiger partial charge in [-0.05, 0) is 20.2 Å². The van der Waals surface area contributed by atoms with Crippen molar-refractivity contribution >= 4 is 12.6 Å². The number of aliphatic imine (C=N–C) groups is 2. The van der Waals surface area contributed by atoms with Gasteiger partial charge in [0.25, 0.3) is 0 Å². The van der Waals surface area contributed by atoms with E-state index in [0.29, 0.717) is 6.67 Å². The van der Waals surface area contributed by atoms with Crippen LogP contribution in [0.2, 0.25) is 0 Å². The SMILES string of the molecule is C=N/C(C)=N\CNCC. The summed E-state index contributed by atoms with van der Waals surface area (Å²) in [6.07, 6.45) is 0. The smallest absolute Gasteiger partial charge is 0.120 e. The molecule has 0 aliphatic carbocycles. The number of hydrogen-bond donors (Lipinski definition) is 1. The van der Waals surface area contributed by atoms with Crippen LogP contribution in [-0.2, 0) is 0 Å². The van der Waals surface area contributed by atoms with Crippen molar-refractivity contribution in [1.29, 1.82) is 0 Å². The van der Waals surface area contributed by atoms with Gasteiger partial charge in [-0.2, -0.15) is 0 Å². The molecule has 0 unspecified atom stereocenters. The predicted octanol–water partition coefficient (Wildman–Crippen LogP) is 0.672. The third kappa shape index (κ3) is 5.17. The van der Waals surface area contributed by atoms with Gasteiger partial charge in [-0.3, -0.25) is 10.3 Å². The second-order valence-electron chi connectivity index (χ2n) is 1.63. The molecular formula is C6H13N3. The lowest BCUT2D eigenvalue weighted by atomic mass is 10.7. The average Bonchev–Trinajstić information content (AvgIpc) is 1.89. The zero-order valence-corrected chi connectivity index (χ0v) is 6.02. The first-order valence-corrected chi connectivity index (χ1v) is 2.99. The Hall–Kier alpha value is -0.700. The van der Waals surface area contributed by atoms with Gasteiger partial charge < -0.3 is 0 Å². The highest BCUT2D eigenvalue weighted by atomic mass is 15.0. The van der Waals surface area contributed by atoms with Crippen molar-refractivity contribution in [2.24, 2.45) is 9.98 Å². The Labute approximate surface area is 55.9 Å². The lowest BCUT2D eigenvalue weighted by molar-refractivity contribution is 0.743. The van der Waals surface area contributed by atoms with Crippen LogP contribution < -0.4 is 5.32 Å². The molecule has 9 heavy (non-hydrogen) atoms. The Morgan fingerprint density at radius 1 is 1.67 bits per heavy atom. The zero-order chi connectivity index (χ0) is 7.11. The molecule has 0 aromatic carbocycles. The van der Waals surface area contributed by atoms with E-state index in [2.05, 4.69) is 22.0 Å². The molecule has 0 bridgehead atoms. The Kier molecular flexibility index (Phi) is 5.01. The van der Waals surface area contributed by atoms with Crippen molar-refractivity contribution < 1.29 is 0 Å². The molecule has 0 saturated heterocycles. The molecule has 0 aliphatic heterocycles. The fourth-order valence-corrected chi connectivity index (χ4v) is 0.332. The molecular weight excluding hydrogens is 114 g/mol. The predicted molar refractivity (Wildman–Crippen MR) is 41.2 cm³/mol. The van der Waals surface area contributed by atoms with E-state index in [-0.39, 0.29) is 0 Å². The van der Waals surface area contributed by atoms with Crippen LogP contribution in [0.25, 0.3) is 0 Å². The van der Waals surface area contributed by atoms with Gasteiger partial charge in [-0.25, -0.2) is 4.99 Å². The zero-order valence-electron chi connectivity index (χ0n) is 6.02. The van der Waals surface area contributed by atoms with E-state index in [1.807, 2.05) is 13.8 Å². The Morgan fingerprint density at radius 2 is 2.33 bits per heavy atom. The highest BCUT2D eigenvalue weighted by Gasteiger charge is 1.79. The Bertz CT molecular complexity index is 107. The first kappa shape index (κ1) is 8.30. The van der Waals surface area contributed by atoms with Gasteiger partial charge in [0.2, 0.25) is 0 Å². The molecule has 0 fully saturated rings. The van der Waals surface area contributed by atoms with Crippen molar-refractivity contribution in [3.05, 3.63) is 0 Å². The van der Waals surface area contributed by atoms with Crippen molar-refractivity contribution in [1.82, 2.24) is 5.32 Å². The highest BCUT2D eigenvalue weighted by Crippen LogP contribution is 1.74. The third-order valence-corrected chi connectivity index (χ3v) is 0.899. The normalized spacial score (nSPS) is 11.6. The maximum atomic E-state index is 4.01. The van der Waals surface area contributed by atoms with Crippen LogP contribution in [0, 0.1) is 0 Å². The van der Waals surface area contributed by atoms with E-state index in [4.69, 9.17) is 0 Å². The van der Waals surface area contributed by atoms with Gasteiger partial charge in [0, 0.05) is 0 Å². The van der Waals surface area contributed by atoms with Gasteiger partial charge >= 0.3 is 0 Å². The fraction of sp³-hybridized carbons (Fsp3) is 0.667. The molecule has 0 rings (SSSR count). The Morgan fingerprint density at radius 3 is 2.78 bits per heavy atom. The lowest BCUT2D eigenvalue weighted by Gasteiger charge is -1.93. The van der Waals surface area contributed by atoms with Gasteiger partial charge in [0.05, 0.1) is 6.67 Å². The van der Waals surface area contributed by atoms with E-state index in [0.717, 1.165) is 12.4 Å². The molecule has 0 atom stereocenters. The summed E-state index contributed by atoms with van der Waals surface area (Å²) in [4.78, 5) is 7.63.